The van der Waals surface area contributed by atoms with Gasteiger partial charge in [0, 0.05) is 5.56 Å². The van der Waals surface area contributed by atoms with Gasteiger partial charge in [0.05, 0.1) is 12.2 Å². The summed E-state index contributed by atoms with van der Waals surface area (Å²) in [6.45, 7) is 15.0. The van der Waals surface area contributed by atoms with Gasteiger partial charge in [-0.1, -0.05) is 39.0 Å². The highest BCUT2D eigenvalue weighted by atomic mass is 16.5. The number of phenols is 1. The molecule has 3 heteroatoms. The summed E-state index contributed by atoms with van der Waals surface area (Å²) in [6, 6.07) is 5.07. The van der Waals surface area contributed by atoms with Gasteiger partial charge in [0.1, 0.15) is 5.75 Å². The molecule has 0 aromatic heterocycles. The molecule has 1 aromatic rings. The fourth-order valence-corrected chi connectivity index (χ4v) is 3.97. The van der Waals surface area contributed by atoms with E-state index in [0.717, 1.165) is 36.0 Å². The number of aromatic hydroxyl groups is 1. The molecule has 3 nitrogen and oxygen atoms in total. The van der Waals surface area contributed by atoms with E-state index in [2.05, 4.69) is 27.4 Å². The molecule has 0 spiro atoms. The maximum absolute atomic E-state index is 12.1. The second-order valence-corrected chi connectivity index (χ2v) is 8.02. The van der Waals surface area contributed by atoms with E-state index in [1.807, 2.05) is 26.0 Å². The van der Waals surface area contributed by atoms with Crippen molar-refractivity contribution in [3.05, 3.63) is 58.7 Å². The van der Waals surface area contributed by atoms with E-state index in [1.165, 1.54) is 23.6 Å². The molecule has 0 unspecified atom stereocenters. The van der Waals surface area contributed by atoms with Gasteiger partial charge in [-0.15, -0.1) is 0 Å². The Balaban J connectivity index is 2.57. The summed E-state index contributed by atoms with van der Waals surface area (Å²) in [5.41, 5.74) is 5.82. The first-order chi connectivity index (χ1) is 12.7. The van der Waals surface area contributed by atoms with Crippen molar-refractivity contribution in [1.82, 2.24) is 0 Å². The smallest absolute Gasteiger partial charge is 0.338 e. The van der Waals surface area contributed by atoms with Gasteiger partial charge in [-0.3, -0.25) is 0 Å². The Kier molecular flexibility index (Phi) is 6.69. The molecule has 1 aliphatic rings. The molecule has 1 aromatic carbocycles. The topological polar surface area (TPSA) is 46.5 Å². The number of hydrogen-bond acceptors (Lipinski definition) is 3. The number of rotatable bonds is 6. The van der Waals surface area contributed by atoms with Crippen LogP contribution in [0.25, 0.3) is 5.57 Å². The van der Waals surface area contributed by atoms with Crippen LogP contribution in [0, 0.1) is 5.41 Å². The molecule has 0 amide bonds. The first-order valence-electron chi connectivity index (χ1n) is 9.77. The molecule has 146 valence electrons. The standard InChI is InChI=1S/C24H32O3/c1-7-14-27-23(26)18-11-12-19(20(25)15-18)21(16(3)8-2)22-17(4)10-9-13-24(22,5)6/h8,11-12,15,25H,2,7,9-10,13-14H2,1,3-6H3. The fraction of sp³-hybridized carbons (Fsp3) is 0.458. The Morgan fingerprint density at radius 1 is 1.37 bits per heavy atom. The summed E-state index contributed by atoms with van der Waals surface area (Å²) in [5, 5.41) is 10.8. The molecule has 0 saturated heterocycles. The van der Waals surface area contributed by atoms with Crippen LogP contribution in [0.2, 0.25) is 0 Å². The van der Waals surface area contributed by atoms with Gasteiger partial charge in [0.2, 0.25) is 0 Å². The summed E-state index contributed by atoms with van der Waals surface area (Å²) < 4.78 is 5.18. The average molecular weight is 369 g/mol. The molecule has 0 bridgehead atoms. The van der Waals surface area contributed by atoms with Crippen molar-refractivity contribution in [3.63, 3.8) is 0 Å². The number of carbonyl (C=O) groups is 1. The number of esters is 1. The zero-order chi connectivity index (χ0) is 20.2. The Hall–Kier alpha value is -2.29. The van der Waals surface area contributed by atoms with Crippen LogP contribution in [0.15, 0.2) is 47.6 Å². The Labute approximate surface area is 163 Å². The molecular weight excluding hydrogens is 336 g/mol. The van der Waals surface area contributed by atoms with Gasteiger partial charge in [0.15, 0.2) is 0 Å². The Bertz CT molecular complexity index is 794. The lowest BCUT2D eigenvalue weighted by molar-refractivity contribution is 0.0504. The molecule has 2 rings (SSSR count). The molecule has 1 N–H and O–H groups in total. The van der Waals surface area contributed by atoms with Crippen LogP contribution in [-0.2, 0) is 4.74 Å². The third-order valence-electron chi connectivity index (χ3n) is 5.35. The van der Waals surface area contributed by atoms with Crippen LogP contribution in [0.4, 0.5) is 0 Å². The van der Waals surface area contributed by atoms with E-state index in [1.54, 1.807) is 6.07 Å². The minimum absolute atomic E-state index is 0.0209. The van der Waals surface area contributed by atoms with Crippen molar-refractivity contribution in [2.75, 3.05) is 6.61 Å². The van der Waals surface area contributed by atoms with E-state index in [0.29, 0.717) is 12.2 Å². The third-order valence-corrected chi connectivity index (χ3v) is 5.35. The lowest BCUT2D eigenvalue weighted by Crippen LogP contribution is -2.22. The number of phenolic OH excluding ortho intramolecular Hbond substituents is 1. The van der Waals surface area contributed by atoms with E-state index in [4.69, 9.17) is 4.74 Å². The molecule has 0 aliphatic heterocycles. The van der Waals surface area contributed by atoms with Crippen molar-refractivity contribution in [2.24, 2.45) is 5.41 Å². The highest BCUT2D eigenvalue weighted by molar-refractivity contribution is 5.93. The second kappa shape index (κ2) is 8.60. The van der Waals surface area contributed by atoms with Crippen LogP contribution in [-0.4, -0.2) is 17.7 Å². The SMILES string of the molecule is C=CC(C)=C(C1=C(C)CCCC1(C)C)c1ccc(C(=O)OCCC)cc1O. The van der Waals surface area contributed by atoms with Crippen LogP contribution < -0.4 is 0 Å². The average Bonchev–Trinajstić information content (AvgIpc) is 2.62. The summed E-state index contributed by atoms with van der Waals surface area (Å²) in [4.78, 5) is 12.1. The summed E-state index contributed by atoms with van der Waals surface area (Å²) in [5.74, 6) is -0.308. The minimum Gasteiger partial charge on any atom is -0.507 e. The maximum Gasteiger partial charge on any atom is 0.338 e. The van der Waals surface area contributed by atoms with Gasteiger partial charge in [-0.25, -0.2) is 4.79 Å². The lowest BCUT2D eigenvalue weighted by atomic mass is 9.68. The first kappa shape index (κ1) is 21.0. The van der Waals surface area contributed by atoms with Crippen molar-refractivity contribution in [3.8, 4) is 5.75 Å². The van der Waals surface area contributed by atoms with Crippen LogP contribution in [0.5, 0.6) is 5.75 Å². The fourth-order valence-electron chi connectivity index (χ4n) is 3.97. The molecule has 0 heterocycles. The second-order valence-electron chi connectivity index (χ2n) is 8.02. The number of benzene rings is 1. The van der Waals surface area contributed by atoms with E-state index < -0.39 is 5.97 Å². The number of allylic oxidation sites excluding steroid dienone is 5. The third kappa shape index (κ3) is 4.52. The summed E-state index contributed by atoms with van der Waals surface area (Å²) >= 11 is 0. The van der Waals surface area contributed by atoms with E-state index in [9.17, 15) is 9.90 Å². The van der Waals surface area contributed by atoms with Crippen LogP contribution in [0.3, 0.4) is 0 Å². The molecular formula is C24H32O3. The molecule has 0 saturated carbocycles. The van der Waals surface area contributed by atoms with E-state index >= 15 is 0 Å². The molecule has 0 fully saturated rings. The highest BCUT2D eigenvalue weighted by Crippen LogP contribution is 2.49. The predicted octanol–water partition coefficient (Wildman–Crippen LogP) is 6.45. The van der Waals surface area contributed by atoms with Crippen molar-refractivity contribution in [1.29, 1.82) is 0 Å². The quantitative estimate of drug-likeness (QED) is 0.464. The molecule has 0 atom stereocenters. The van der Waals surface area contributed by atoms with Gasteiger partial charge in [-0.2, -0.15) is 0 Å². The number of ether oxygens (including phenoxy) is 1. The zero-order valence-electron chi connectivity index (χ0n) is 17.3. The monoisotopic (exact) mass is 368 g/mol. The zero-order valence-corrected chi connectivity index (χ0v) is 17.3. The molecule has 0 radical (unpaired) electrons. The summed E-state index contributed by atoms with van der Waals surface area (Å²) in [7, 11) is 0. The van der Waals surface area contributed by atoms with Crippen LogP contribution in [0.1, 0.15) is 76.2 Å². The molecule has 27 heavy (non-hydrogen) atoms. The summed E-state index contributed by atoms with van der Waals surface area (Å²) in [6.07, 6.45) is 5.95. The predicted molar refractivity (Wildman–Crippen MR) is 112 cm³/mol. The van der Waals surface area contributed by atoms with Gasteiger partial charge in [0.25, 0.3) is 0 Å². The van der Waals surface area contributed by atoms with Crippen LogP contribution >= 0.6 is 0 Å². The number of hydrogen-bond donors (Lipinski definition) is 1. The Morgan fingerprint density at radius 2 is 2.07 bits per heavy atom. The van der Waals surface area contributed by atoms with Gasteiger partial charge >= 0.3 is 5.97 Å². The largest absolute Gasteiger partial charge is 0.507 e. The van der Waals surface area contributed by atoms with E-state index in [-0.39, 0.29) is 11.2 Å². The lowest BCUT2D eigenvalue weighted by Gasteiger charge is -2.37. The molecule has 1 aliphatic carbocycles. The minimum atomic E-state index is -0.405. The van der Waals surface area contributed by atoms with Crippen molar-refractivity contribution >= 4 is 11.5 Å². The highest BCUT2D eigenvalue weighted by Gasteiger charge is 2.32. The van der Waals surface area contributed by atoms with Gasteiger partial charge in [-0.05, 0) is 79.9 Å². The van der Waals surface area contributed by atoms with Gasteiger partial charge < -0.3 is 9.84 Å². The van der Waals surface area contributed by atoms with Crippen molar-refractivity contribution < 1.29 is 14.6 Å². The number of carbonyl (C=O) groups excluding carboxylic acids is 1. The maximum atomic E-state index is 12.1. The van der Waals surface area contributed by atoms with Crippen molar-refractivity contribution in [2.45, 2.75) is 60.3 Å². The first-order valence-corrected chi connectivity index (χ1v) is 9.77. The normalized spacial score (nSPS) is 17.4. The Morgan fingerprint density at radius 3 is 2.63 bits per heavy atom.